The standard InChI is InChI=1S/C10H14ClN3O/c11-4-10(15)13-9-5-12-14(7-9)6-8-2-1-3-8/h5,7-8H,1-4,6H2,(H,13,15). The Bertz CT molecular complexity index is 346. The Morgan fingerprint density at radius 3 is 3.07 bits per heavy atom. The number of hydrogen-bond acceptors (Lipinski definition) is 2. The van der Waals surface area contributed by atoms with Crippen LogP contribution in [0.2, 0.25) is 0 Å². The van der Waals surface area contributed by atoms with Crippen molar-refractivity contribution in [2.75, 3.05) is 11.2 Å². The van der Waals surface area contributed by atoms with E-state index < -0.39 is 0 Å². The van der Waals surface area contributed by atoms with Gasteiger partial charge >= 0.3 is 0 Å². The number of aromatic nitrogens is 2. The maximum absolute atomic E-state index is 11.0. The number of nitrogens with zero attached hydrogens (tertiary/aromatic N) is 2. The van der Waals surface area contributed by atoms with Gasteiger partial charge in [-0.25, -0.2) is 0 Å². The fraction of sp³-hybridized carbons (Fsp3) is 0.600. The predicted molar refractivity (Wildman–Crippen MR) is 58.9 cm³/mol. The summed E-state index contributed by atoms with van der Waals surface area (Å²) in [5.74, 6) is 0.551. The zero-order valence-electron chi connectivity index (χ0n) is 8.45. The second-order valence-electron chi connectivity index (χ2n) is 3.93. The first-order valence-electron chi connectivity index (χ1n) is 5.16. The van der Waals surface area contributed by atoms with Crippen LogP contribution in [0.5, 0.6) is 0 Å². The van der Waals surface area contributed by atoms with E-state index in [1.807, 2.05) is 10.9 Å². The van der Waals surface area contributed by atoms with Gasteiger partial charge in [0.15, 0.2) is 0 Å². The maximum atomic E-state index is 11.0. The van der Waals surface area contributed by atoms with Crippen molar-refractivity contribution < 1.29 is 4.79 Å². The molecule has 82 valence electrons. The number of amides is 1. The first-order valence-corrected chi connectivity index (χ1v) is 5.69. The van der Waals surface area contributed by atoms with Gasteiger partial charge < -0.3 is 5.32 Å². The lowest BCUT2D eigenvalue weighted by Crippen LogP contribution is -2.18. The van der Waals surface area contributed by atoms with E-state index in [-0.39, 0.29) is 11.8 Å². The molecule has 1 N–H and O–H groups in total. The third-order valence-corrected chi connectivity index (χ3v) is 2.95. The van der Waals surface area contributed by atoms with Gasteiger partial charge in [0.1, 0.15) is 5.88 Å². The van der Waals surface area contributed by atoms with Gasteiger partial charge in [-0.3, -0.25) is 9.48 Å². The Balaban J connectivity index is 1.88. The fourth-order valence-corrected chi connectivity index (χ4v) is 1.73. The molecule has 2 rings (SSSR count). The van der Waals surface area contributed by atoms with Crippen LogP contribution in [-0.4, -0.2) is 21.6 Å². The summed E-state index contributed by atoms with van der Waals surface area (Å²) in [4.78, 5) is 11.0. The van der Waals surface area contributed by atoms with E-state index in [1.54, 1.807) is 6.20 Å². The monoisotopic (exact) mass is 227 g/mol. The topological polar surface area (TPSA) is 46.9 Å². The lowest BCUT2D eigenvalue weighted by Gasteiger charge is -2.24. The number of halogens is 1. The number of hydrogen-bond donors (Lipinski definition) is 1. The molecule has 0 unspecified atom stereocenters. The van der Waals surface area contributed by atoms with Crippen molar-refractivity contribution in [3.8, 4) is 0 Å². The number of rotatable bonds is 4. The molecule has 1 aromatic rings. The normalized spacial score (nSPS) is 16.1. The van der Waals surface area contributed by atoms with Crippen molar-refractivity contribution in [3.05, 3.63) is 12.4 Å². The summed E-state index contributed by atoms with van der Waals surface area (Å²) in [7, 11) is 0. The van der Waals surface area contributed by atoms with Gasteiger partial charge in [-0.1, -0.05) is 6.42 Å². The molecule has 0 spiro atoms. The van der Waals surface area contributed by atoms with Crippen LogP contribution in [0.4, 0.5) is 5.69 Å². The first kappa shape index (κ1) is 10.5. The molecular weight excluding hydrogens is 214 g/mol. The summed E-state index contributed by atoms with van der Waals surface area (Å²) in [5, 5.41) is 6.85. The summed E-state index contributed by atoms with van der Waals surface area (Å²) in [5.41, 5.74) is 0.722. The van der Waals surface area contributed by atoms with Crippen molar-refractivity contribution in [1.82, 2.24) is 9.78 Å². The molecule has 1 fully saturated rings. The van der Waals surface area contributed by atoms with Crippen LogP contribution in [-0.2, 0) is 11.3 Å². The van der Waals surface area contributed by atoms with E-state index in [9.17, 15) is 4.79 Å². The van der Waals surface area contributed by atoms with Gasteiger partial charge in [-0.2, -0.15) is 5.10 Å². The molecule has 5 heteroatoms. The van der Waals surface area contributed by atoms with Gasteiger partial charge in [0, 0.05) is 12.7 Å². The summed E-state index contributed by atoms with van der Waals surface area (Å²) in [6, 6.07) is 0. The van der Waals surface area contributed by atoms with Gasteiger partial charge in [-0.05, 0) is 18.8 Å². The number of anilines is 1. The molecule has 15 heavy (non-hydrogen) atoms. The van der Waals surface area contributed by atoms with Gasteiger partial charge in [-0.15, -0.1) is 11.6 Å². The molecule has 1 amide bonds. The van der Waals surface area contributed by atoms with Crippen LogP contribution in [0.3, 0.4) is 0 Å². The van der Waals surface area contributed by atoms with Crippen LogP contribution in [0.1, 0.15) is 19.3 Å². The van der Waals surface area contributed by atoms with E-state index in [2.05, 4.69) is 10.4 Å². The summed E-state index contributed by atoms with van der Waals surface area (Å²) < 4.78 is 1.88. The minimum absolute atomic E-state index is 0.0200. The van der Waals surface area contributed by atoms with Crippen molar-refractivity contribution in [1.29, 1.82) is 0 Å². The van der Waals surface area contributed by atoms with Crippen molar-refractivity contribution in [2.24, 2.45) is 5.92 Å². The van der Waals surface area contributed by atoms with Crippen LogP contribution >= 0.6 is 11.6 Å². The minimum atomic E-state index is -0.195. The van der Waals surface area contributed by atoms with E-state index >= 15 is 0 Å². The summed E-state index contributed by atoms with van der Waals surface area (Å²) >= 11 is 5.39. The van der Waals surface area contributed by atoms with Crippen LogP contribution < -0.4 is 5.32 Å². The quantitative estimate of drug-likeness (QED) is 0.799. The Morgan fingerprint density at radius 2 is 2.47 bits per heavy atom. The second kappa shape index (κ2) is 4.66. The molecule has 1 aliphatic carbocycles. The number of carbonyl (C=O) groups is 1. The molecule has 0 bridgehead atoms. The lowest BCUT2D eigenvalue weighted by atomic mass is 9.85. The largest absolute Gasteiger partial charge is 0.322 e. The predicted octanol–water partition coefficient (Wildman–Crippen LogP) is 1.86. The molecule has 4 nitrogen and oxygen atoms in total. The third kappa shape index (κ3) is 2.72. The molecule has 0 aromatic carbocycles. The van der Waals surface area contributed by atoms with Crippen molar-refractivity contribution in [2.45, 2.75) is 25.8 Å². The zero-order valence-corrected chi connectivity index (χ0v) is 9.20. The SMILES string of the molecule is O=C(CCl)Nc1cnn(CC2CCC2)c1. The van der Waals surface area contributed by atoms with Gasteiger partial charge in [0.05, 0.1) is 11.9 Å². The Labute approximate surface area is 93.6 Å². The number of nitrogens with one attached hydrogen (secondary N) is 1. The van der Waals surface area contributed by atoms with Crippen molar-refractivity contribution >= 4 is 23.2 Å². The average molecular weight is 228 g/mol. The number of carbonyl (C=O) groups excluding carboxylic acids is 1. The summed E-state index contributed by atoms with van der Waals surface area (Å²) in [6.07, 6.45) is 7.43. The smallest absolute Gasteiger partial charge is 0.239 e. The Hall–Kier alpha value is -1.03. The lowest BCUT2D eigenvalue weighted by molar-refractivity contribution is -0.113. The molecule has 0 saturated heterocycles. The summed E-state index contributed by atoms with van der Waals surface area (Å²) in [6.45, 7) is 0.955. The highest BCUT2D eigenvalue weighted by molar-refractivity contribution is 6.29. The molecule has 1 saturated carbocycles. The highest BCUT2D eigenvalue weighted by Gasteiger charge is 2.18. The molecule has 1 aromatic heterocycles. The van der Waals surface area contributed by atoms with E-state index in [0.717, 1.165) is 18.2 Å². The van der Waals surface area contributed by atoms with Crippen LogP contribution in [0.15, 0.2) is 12.4 Å². The van der Waals surface area contributed by atoms with Crippen LogP contribution in [0.25, 0.3) is 0 Å². The Morgan fingerprint density at radius 1 is 1.67 bits per heavy atom. The highest BCUT2D eigenvalue weighted by Crippen LogP contribution is 2.27. The van der Waals surface area contributed by atoms with E-state index in [4.69, 9.17) is 11.6 Å². The average Bonchev–Trinajstić information content (AvgIpc) is 2.59. The van der Waals surface area contributed by atoms with Gasteiger partial charge in [0.25, 0.3) is 0 Å². The third-order valence-electron chi connectivity index (χ3n) is 2.71. The zero-order chi connectivity index (χ0) is 10.7. The van der Waals surface area contributed by atoms with E-state index in [0.29, 0.717) is 0 Å². The van der Waals surface area contributed by atoms with Crippen LogP contribution in [0, 0.1) is 5.92 Å². The molecule has 1 heterocycles. The molecule has 0 atom stereocenters. The second-order valence-corrected chi connectivity index (χ2v) is 4.20. The van der Waals surface area contributed by atoms with Crippen molar-refractivity contribution in [3.63, 3.8) is 0 Å². The number of alkyl halides is 1. The Kier molecular flexibility index (Phi) is 3.26. The fourth-order valence-electron chi connectivity index (χ4n) is 1.66. The molecule has 0 aliphatic heterocycles. The maximum Gasteiger partial charge on any atom is 0.239 e. The molecular formula is C10H14ClN3O. The molecule has 1 aliphatic rings. The van der Waals surface area contributed by atoms with Gasteiger partial charge in [0.2, 0.25) is 5.91 Å². The highest BCUT2D eigenvalue weighted by atomic mass is 35.5. The first-order chi connectivity index (χ1) is 7.28. The minimum Gasteiger partial charge on any atom is -0.322 e. The van der Waals surface area contributed by atoms with E-state index in [1.165, 1.54) is 19.3 Å². The molecule has 0 radical (unpaired) electrons.